The second-order valence-electron chi connectivity index (χ2n) is 6.25. The van der Waals surface area contributed by atoms with Gasteiger partial charge in [-0.3, -0.25) is 9.59 Å². The molecule has 0 rings (SSSR count). The van der Waals surface area contributed by atoms with Crippen LogP contribution in [0.3, 0.4) is 0 Å². The maximum atomic E-state index is 11.5. The van der Waals surface area contributed by atoms with E-state index in [1.54, 1.807) is 0 Å². The van der Waals surface area contributed by atoms with E-state index in [1.807, 2.05) is 0 Å². The normalized spacial score (nSPS) is 13.0. The molecule has 1 amide bonds. The lowest BCUT2D eigenvalue weighted by Crippen LogP contribution is -2.38. The Hall–Kier alpha value is -1.84. The van der Waals surface area contributed by atoms with Crippen molar-refractivity contribution in [2.24, 2.45) is 0 Å². The molecule has 1 atom stereocenters. The Labute approximate surface area is 153 Å². The van der Waals surface area contributed by atoms with Gasteiger partial charge in [0.05, 0.1) is 0 Å². The number of nitrogens with one attached hydrogen (secondary N) is 1. The Balaban J connectivity index is 3.50. The van der Waals surface area contributed by atoms with Crippen molar-refractivity contribution >= 4 is 11.9 Å². The number of carbonyl (C=O) groups is 2. The summed E-state index contributed by atoms with van der Waals surface area (Å²) >= 11 is 0. The molecular weight excluding hydrogens is 314 g/mol. The van der Waals surface area contributed by atoms with Gasteiger partial charge in [-0.25, -0.2) is 0 Å². The summed E-state index contributed by atoms with van der Waals surface area (Å²) < 4.78 is 0. The van der Waals surface area contributed by atoms with Crippen molar-refractivity contribution < 1.29 is 14.7 Å². The Bertz CT molecular complexity index is 438. The number of allylic oxidation sites excluding steroid dienone is 6. The number of aliphatic carboxylic acids is 1. The fraction of sp³-hybridized carbons (Fsp3) is 0.619. The molecule has 25 heavy (non-hydrogen) atoms. The summed E-state index contributed by atoms with van der Waals surface area (Å²) in [6.45, 7) is 3.69. The molecule has 0 heterocycles. The van der Waals surface area contributed by atoms with Gasteiger partial charge in [-0.1, -0.05) is 56.2 Å². The van der Waals surface area contributed by atoms with Gasteiger partial charge in [-0.05, 0) is 51.9 Å². The first-order valence-corrected chi connectivity index (χ1v) is 9.55. The fourth-order valence-corrected chi connectivity index (χ4v) is 2.21. The van der Waals surface area contributed by atoms with Crippen LogP contribution in [0.15, 0.2) is 36.5 Å². The first-order chi connectivity index (χ1) is 12.1. The quantitative estimate of drug-likeness (QED) is 0.317. The minimum atomic E-state index is -1.00. The van der Waals surface area contributed by atoms with Crippen LogP contribution in [0, 0.1) is 0 Å². The molecule has 0 fully saturated rings. The van der Waals surface area contributed by atoms with Crippen molar-refractivity contribution in [3.8, 4) is 0 Å². The van der Waals surface area contributed by atoms with Gasteiger partial charge < -0.3 is 10.4 Å². The summed E-state index contributed by atoms with van der Waals surface area (Å²) in [4.78, 5) is 22.1. The third kappa shape index (κ3) is 16.8. The predicted molar refractivity (Wildman–Crippen MR) is 105 cm³/mol. The van der Waals surface area contributed by atoms with Crippen molar-refractivity contribution in [1.82, 2.24) is 5.32 Å². The number of unbranched alkanes of at least 4 members (excludes halogenated alkanes) is 5. The van der Waals surface area contributed by atoms with Crippen molar-refractivity contribution in [2.75, 3.05) is 0 Å². The van der Waals surface area contributed by atoms with E-state index in [2.05, 4.69) is 48.7 Å². The van der Waals surface area contributed by atoms with Crippen LogP contribution in [0.4, 0.5) is 0 Å². The van der Waals surface area contributed by atoms with Crippen LogP contribution in [-0.4, -0.2) is 23.0 Å². The van der Waals surface area contributed by atoms with Gasteiger partial charge in [0.25, 0.3) is 0 Å². The molecule has 0 bridgehead atoms. The molecule has 4 heteroatoms. The number of rotatable bonds is 15. The molecule has 0 aliphatic rings. The molecule has 0 aromatic heterocycles. The summed E-state index contributed by atoms with van der Waals surface area (Å²) in [6.07, 6.45) is 23.2. The monoisotopic (exact) mass is 349 g/mol. The van der Waals surface area contributed by atoms with Gasteiger partial charge in [0.1, 0.15) is 6.04 Å². The van der Waals surface area contributed by atoms with Gasteiger partial charge in [-0.15, -0.1) is 0 Å². The van der Waals surface area contributed by atoms with Crippen LogP contribution in [0.25, 0.3) is 0 Å². The molecular formula is C21H35NO3. The molecule has 0 aromatic carbocycles. The average molecular weight is 350 g/mol. The highest BCUT2D eigenvalue weighted by atomic mass is 16.4. The lowest BCUT2D eigenvalue weighted by atomic mass is 10.1. The Morgan fingerprint density at radius 2 is 1.40 bits per heavy atom. The molecule has 0 unspecified atom stereocenters. The number of hydrogen-bond donors (Lipinski definition) is 2. The lowest BCUT2D eigenvalue weighted by molar-refractivity contribution is -0.141. The van der Waals surface area contributed by atoms with Gasteiger partial charge in [-0.2, -0.15) is 0 Å². The molecule has 0 aliphatic carbocycles. The largest absolute Gasteiger partial charge is 0.480 e. The maximum absolute atomic E-state index is 11.5. The molecule has 2 N–H and O–H groups in total. The molecule has 4 nitrogen and oxygen atoms in total. The zero-order valence-electron chi connectivity index (χ0n) is 15.9. The first-order valence-electron chi connectivity index (χ1n) is 9.55. The smallest absolute Gasteiger partial charge is 0.325 e. The fourth-order valence-electron chi connectivity index (χ4n) is 2.21. The van der Waals surface area contributed by atoms with E-state index in [9.17, 15) is 9.59 Å². The number of carboxylic acids is 1. The summed E-state index contributed by atoms with van der Waals surface area (Å²) in [7, 11) is 0. The van der Waals surface area contributed by atoms with Crippen molar-refractivity contribution in [2.45, 2.75) is 84.1 Å². The van der Waals surface area contributed by atoms with Crippen molar-refractivity contribution in [1.29, 1.82) is 0 Å². The molecule has 0 aliphatic heterocycles. The van der Waals surface area contributed by atoms with E-state index >= 15 is 0 Å². The molecule has 0 spiro atoms. The van der Waals surface area contributed by atoms with Gasteiger partial charge >= 0.3 is 5.97 Å². The van der Waals surface area contributed by atoms with E-state index in [-0.39, 0.29) is 5.91 Å². The highest BCUT2D eigenvalue weighted by molar-refractivity contribution is 5.83. The van der Waals surface area contributed by atoms with Gasteiger partial charge in [0, 0.05) is 6.42 Å². The number of amides is 1. The lowest BCUT2D eigenvalue weighted by Gasteiger charge is -2.08. The third-order valence-electron chi connectivity index (χ3n) is 3.79. The maximum Gasteiger partial charge on any atom is 0.325 e. The van der Waals surface area contributed by atoms with Crippen molar-refractivity contribution in [3.63, 3.8) is 0 Å². The standard InChI is InChI=1S/C21H35NO3/c1-3-4-5-6-7-8-9-10-11-12-13-14-15-16-17-18-20(23)22-19(2)21(24)25/h7-8,10-11,13-14,19H,3-6,9,12,15-18H2,1-2H3,(H,22,23)(H,24,25)/b8-7-,11-10-,14-13-/t19-/m0/s1. The average Bonchev–Trinajstić information content (AvgIpc) is 2.58. The van der Waals surface area contributed by atoms with Gasteiger partial charge in [0.15, 0.2) is 0 Å². The SMILES string of the molecule is CCCCC/C=C\C/C=C\C/C=C\CCCCC(=O)N[C@@H](C)C(=O)O. The second-order valence-corrected chi connectivity index (χ2v) is 6.25. The van der Waals surface area contributed by atoms with Crippen LogP contribution >= 0.6 is 0 Å². The van der Waals surface area contributed by atoms with Gasteiger partial charge in [0.2, 0.25) is 5.91 Å². The first kappa shape index (κ1) is 23.2. The predicted octanol–water partition coefficient (Wildman–Crippen LogP) is 5.17. The Kier molecular flexibility index (Phi) is 15.7. The Morgan fingerprint density at radius 1 is 0.880 bits per heavy atom. The summed E-state index contributed by atoms with van der Waals surface area (Å²) in [5, 5.41) is 11.2. The van der Waals surface area contributed by atoms with E-state index < -0.39 is 12.0 Å². The summed E-state index contributed by atoms with van der Waals surface area (Å²) in [6, 6.07) is -0.814. The Morgan fingerprint density at radius 3 is 1.92 bits per heavy atom. The highest BCUT2D eigenvalue weighted by Gasteiger charge is 2.12. The van der Waals surface area contributed by atoms with Crippen molar-refractivity contribution in [3.05, 3.63) is 36.5 Å². The summed E-state index contributed by atoms with van der Waals surface area (Å²) in [5.74, 6) is -1.19. The molecule has 0 saturated carbocycles. The van der Waals surface area contributed by atoms with Crippen LogP contribution in [-0.2, 0) is 9.59 Å². The third-order valence-corrected chi connectivity index (χ3v) is 3.79. The second kappa shape index (κ2) is 17.0. The van der Waals surface area contributed by atoms with E-state index in [0.717, 1.165) is 32.1 Å². The van der Waals surface area contributed by atoms with Crippen LogP contribution in [0.2, 0.25) is 0 Å². The minimum Gasteiger partial charge on any atom is -0.480 e. The molecule has 0 saturated heterocycles. The van der Waals surface area contributed by atoms with E-state index in [1.165, 1.54) is 32.6 Å². The minimum absolute atomic E-state index is 0.190. The van der Waals surface area contributed by atoms with Crippen LogP contribution in [0.1, 0.15) is 78.1 Å². The number of carboxylic acid groups (broad SMARTS) is 1. The van der Waals surface area contributed by atoms with E-state index in [4.69, 9.17) is 5.11 Å². The van der Waals surface area contributed by atoms with Crippen LogP contribution in [0.5, 0.6) is 0 Å². The molecule has 0 radical (unpaired) electrons. The number of hydrogen-bond acceptors (Lipinski definition) is 2. The summed E-state index contributed by atoms with van der Waals surface area (Å²) in [5.41, 5.74) is 0. The topological polar surface area (TPSA) is 66.4 Å². The van der Waals surface area contributed by atoms with Crippen LogP contribution < -0.4 is 5.32 Å². The number of carbonyl (C=O) groups excluding carboxylic acids is 1. The zero-order chi connectivity index (χ0) is 18.8. The highest BCUT2D eigenvalue weighted by Crippen LogP contribution is 2.03. The molecule has 0 aromatic rings. The van der Waals surface area contributed by atoms with E-state index in [0.29, 0.717) is 6.42 Å². The zero-order valence-corrected chi connectivity index (χ0v) is 15.9. The molecule has 142 valence electrons.